The van der Waals surface area contributed by atoms with Crippen LogP contribution < -0.4 is 0 Å². The molecule has 0 saturated heterocycles. The van der Waals surface area contributed by atoms with Gasteiger partial charge in [0.1, 0.15) is 0 Å². The van der Waals surface area contributed by atoms with E-state index in [9.17, 15) is 9.90 Å². The van der Waals surface area contributed by atoms with E-state index in [-0.39, 0.29) is 0 Å². The summed E-state index contributed by atoms with van der Waals surface area (Å²) in [7, 11) is 0. The molecule has 1 unspecified atom stereocenters. The number of aryl methyl sites for hydroxylation is 2. The van der Waals surface area contributed by atoms with Crippen LogP contribution in [-0.2, 0) is 23.1 Å². The lowest BCUT2D eigenvalue weighted by molar-refractivity contribution is -0.144. The number of carboxylic acid groups (broad SMARTS) is 1. The molecule has 0 amide bonds. The number of benzene rings is 1. The van der Waals surface area contributed by atoms with E-state index in [1.807, 2.05) is 36.4 Å². The Kier molecular flexibility index (Phi) is 3.74. The maximum atomic E-state index is 12.0. The first-order chi connectivity index (χ1) is 10.2. The summed E-state index contributed by atoms with van der Waals surface area (Å²) >= 11 is 0. The lowest BCUT2D eigenvalue weighted by Gasteiger charge is -2.35. The van der Waals surface area contributed by atoms with E-state index in [1.54, 1.807) is 6.20 Å². The molecule has 3 rings (SSSR count). The van der Waals surface area contributed by atoms with Crippen molar-refractivity contribution in [3.05, 3.63) is 65.5 Å². The van der Waals surface area contributed by atoms with E-state index in [1.165, 1.54) is 5.56 Å². The van der Waals surface area contributed by atoms with Crippen LogP contribution in [-0.4, -0.2) is 16.1 Å². The summed E-state index contributed by atoms with van der Waals surface area (Å²) in [5, 5.41) is 9.89. The zero-order valence-electron chi connectivity index (χ0n) is 12.0. The van der Waals surface area contributed by atoms with E-state index >= 15 is 0 Å². The summed E-state index contributed by atoms with van der Waals surface area (Å²) in [6.07, 6.45) is 5.70. The van der Waals surface area contributed by atoms with Crippen LogP contribution in [0.1, 0.15) is 36.1 Å². The van der Waals surface area contributed by atoms with Crippen LogP contribution in [0.4, 0.5) is 0 Å². The first kappa shape index (κ1) is 13.8. The molecule has 0 spiro atoms. The standard InChI is InChI=1S/C18H19NO2/c20-17(21)18(12-10-15-8-3-4-13-19-15)11-5-7-14-6-1-2-9-16(14)18/h1-4,6,8-9,13H,5,7,10-12H2,(H,20,21). The van der Waals surface area contributed by atoms with Crippen LogP contribution in [0.3, 0.4) is 0 Å². The molecule has 0 saturated carbocycles. The molecule has 1 aliphatic carbocycles. The van der Waals surface area contributed by atoms with Gasteiger partial charge in [-0.15, -0.1) is 0 Å². The highest BCUT2D eigenvalue weighted by molar-refractivity contribution is 5.82. The minimum atomic E-state index is -0.758. The van der Waals surface area contributed by atoms with Gasteiger partial charge in [0.25, 0.3) is 0 Å². The second-order valence-corrected chi connectivity index (χ2v) is 5.72. The Morgan fingerprint density at radius 3 is 2.76 bits per heavy atom. The number of nitrogens with zero attached hydrogens (tertiary/aromatic N) is 1. The van der Waals surface area contributed by atoms with Crippen LogP contribution in [0.2, 0.25) is 0 Å². The Balaban J connectivity index is 1.93. The topological polar surface area (TPSA) is 50.2 Å². The predicted molar refractivity (Wildman–Crippen MR) is 81.3 cm³/mol. The van der Waals surface area contributed by atoms with Crippen LogP contribution in [0.5, 0.6) is 0 Å². The fraction of sp³-hybridized carbons (Fsp3) is 0.333. The molecule has 1 N–H and O–H groups in total. The number of rotatable bonds is 4. The van der Waals surface area contributed by atoms with Gasteiger partial charge in [-0.25, -0.2) is 0 Å². The van der Waals surface area contributed by atoms with Gasteiger partial charge in [0.15, 0.2) is 0 Å². The lowest BCUT2D eigenvalue weighted by atomic mass is 9.67. The summed E-state index contributed by atoms with van der Waals surface area (Å²) in [4.78, 5) is 16.4. The summed E-state index contributed by atoms with van der Waals surface area (Å²) in [5.74, 6) is -0.703. The van der Waals surface area contributed by atoms with E-state index in [4.69, 9.17) is 0 Å². The molecule has 21 heavy (non-hydrogen) atoms. The third-order valence-electron chi connectivity index (χ3n) is 4.53. The van der Waals surface area contributed by atoms with Gasteiger partial charge in [-0.3, -0.25) is 9.78 Å². The highest BCUT2D eigenvalue weighted by atomic mass is 16.4. The summed E-state index contributed by atoms with van der Waals surface area (Å²) < 4.78 is 0. The largest absolute Gasteiger partial charge is 0.481 e. The van der Waals surface area contributed by atoms with Crippen molar-refractivity contribution in [1.82, 2.24) is 4.98 Å². The number of hydrogen-bond acceptors (Lipinski definition) is 2. The maximum Gasteiger partial charge on any atom is 0.314 e. The van der Waals surface area contributed by atoms with Crippen molar-refractivity contribution in [2.24, 2.45) is 0 Å². The molecule has 0 radical (unpaired) electrons. The van der Waals surface area contributed by atoms with Crippen LogP contribution in [0.15, 0.2) is 48.7 Å². The van der Waals surface area contributed by atoms with Gasteiger partial charge in [0, 0.05) is 11.9 Å². The quantitative estimate of drug-likeness (QED) is 0.934. The molecule has 1 heterocycles. The highest BCUT2D eigenvalue weighted by Gasteiger charge is 2.42. The Hall–Kier alpha value is -2.16. The fourth-order valence-electron chi connectivity index (χ4n) is 3.40. The minimum Gasteiger partial charge on any atom is -0.481 e. The summed E-state index contributed by atoms with van der Waals surface area (Å²) in [6.45, 7) is 0. The fourth-order valence-corrected chi connectivity index (χ4v) is 3.40. The van der Waals surface area contributed by atoms with Crippen molar-refractivity contribution >= 4 is 5.97 Å². The Morgan fingerprint density at radius 1 is 1.19 bits per heavy atom. The molecular weight excluding hydrogens is 262 g/mol. The molecule has 0 fully saturated rings. The van der Waals surface area contributed by atoms with Crippen molar-refractivity contribution in [1.29, 1.82) is 0 Å². The first-order valence-electron chi connectivity index (χ1n) is 7.44. The van der Waals surface area contributed by atoms with Crippen LogP contribution in [0.25, 0.3) is 0 Å². The third-order valence-corrected chi connectivity index (χ3v) is 4.53. The number of carboxylic acids is 1. The molecular formula is C18H19NO2. The normalized spacial score (nSPS) is 20.8. The number of aliphatic carboxylic acids is 1. The molecule has 1 aromatic heterocycles. The van der Waals surface area contributed by atoms with Gasteiger partial charge in [-0.05, 0) is 55.4 Å². The summed E-state index contributed by atoms with van der Waals surface area (Å²) in [5.41, 5.74) is 2.39. The van der Waals surface area contributed by atoms with Crippen LogP contribution in [0, 0.1) is 0 Å². The van der Waals surface area contributed by atoms with E-state index < -0.39 is 11.4 Å². The Bertz CT molecular complexity index is 639. The number of carbonyl (C=O) groups is 1. The number of fused-ring (bicyclic) bond motifs is 1. The second-order valence-electron chi connectivity index (χ2n) is 5.72. The van der Waals surface area contributed by atoms with E-state index in [0.29, 0.717) is 19.3 Å². The zero-order chi connectivity index (χ0) is 14.7. The van der Waals surface area contributed by atoms with Gasteiger partial charge in [-0.2, -0.15) is 0 Å². The molecule has 0 bridgehead atoms. The zero-order valence-corrected chi connectivity index (χ0v) is 12.0. The number of pyridine rings is 1. The second kappa shape index (κ2) is 5.68. The molecule has 1 atom stereocenters. The van der Waals surface area contributed by atoms with E-state index in [0.717, 1.165) is 24.1 Å². The SMILES string of the molecule is O=C(O)C1(CCc2ccccn2)CCCc2ccccc21. The third kappa shape index (κ3) is 2.56. The molecule has 1 aromatic carbocycles. The van der Waals surface area contributed by atoms with Crippen LogP contribution >= 0.6 is 0 Å². The molecule has 0 aliphatic heterocycles. The lowest BCUT2D eigenvalue weighted by Crippen LogP contribution is -2.39. The van der Waals surface area contributed by atoms with Gasteiger partial charge in [-0.1, -0.05) is 30.3 Å². The number of aromatic nitrogens is 1. The Labute approximate surface area is 124 Å². The monoisotopic (exact) mass is 281 g/mol. The van der Waals surface area contributed by atoms with E-state index in [2.05, 4.69) is 11.1 Å². The van der Waals surface area contributed by atoms with Crippen molar-refractivity contribution in [3.63, 3.8) is 0 Å². The first-order valence-corrected chi connectivity index (χ1v) is 7.44. The predicted octanol–water partition coefficient (Wildman–Crippen LogP) is 3.37. The average molecular weight is 281 g/mol. The van der Waals surface area contributed by atoms with Crippen molar-refractivity contribution < 1.29 is 9.90 Å². The minimum absolute atomic E-state index is 0.608. The van der Waals surface area contributed by atoms with Gasteiger partial charge >= 0.3 is 5.97 Å². The van der Waals surface area contributed by atoms with Gasteiger partial charge in [0.2, 0.25) is 0 Å². The highest BCUT2D eigenvalue weighted by Crippen LogP contribution is 2.41. The average Bonchev–Trinajstić information content (AvgIpc) is 2.53. The molecule has 2 aromatic rings. The molecule has 108 valence electrons. The van der Waals surface area contributed by atoms with Crippen molar-refractivity contribution in [2.45, 2.75) is 37.5 Å². The number of hydrogen-bond donors (Lipinski definition) is 1. The van der Waals surface area contributed by atoms with Crippen molar-refractivity contribution in [2.75, 3.05) is 0 Å². The Morgan fingerprint density at radius 2 is 2.00 bits per heavy atom. The smallest absolute Gasteiger partial charge is 0.314 e. The molecule has 3 heteroatoms. The van der Waals surface area contributed by atoms with Gasteiger partial charge < -0.3 is 5.11 Å². The maximum absolute atomic E-state index is 12.0. The molecule has 1 aliphatic rings. The van der Waals surface area contributed by atoms with Gasteiger partial charge in [0.05, 0.1) is 5.41 Å². The molecule has 3 nitrogen and oxygen atoms in total. The summed E-state index contributed by atoms with van der Waals surface area (Å²) in [6, 6.07) is 13.8. The van der Waals surface area contributed by atoms with Crippen molar-refractivity contribution in [3.8, 4) is 0 Å².